The largest absolute Gasteiger partial charge is 0.360 e. The Labute approximate surface area is 162 Å². The Hall–Kier alpha value is -2.05. The summed E-state index contributed by atoms with van der Waals surface area (Å²) in [7, 11) is 0. The minimum absolute atomic E-state index is 0.00821. The molecule has 140 valence electrons. The molecular formula is C18H21Cl2N3O3. The summed E-state index contributed by atoms with van der Waals surface area (Å²) in [5.74, 6) is -0.263. The number of nitrogens with zero attached hydrogens (tertiary/aromatic N) is 2. The lowest BCUT2D eigenvalue weighted by Gasteiger charge is -2.21. The van der Waals surface area contributed by atoms with E-state index in [0.29, 0.717) is 27.9 Å². The maximum Gasteiger partial charge on any atom is 0.260 e. The van der Waals surface area contributed by atoms with E-state index in [-0.39, 0.29) is 35.7 Å². The third-order valence-corrected chi connectivity index (χ3v) is 4.36. The lowest BCUT2D eigenvalue weighted by Crippen LogP contribution is -2.42. The topological polar surface area (TPSA) is 75.4 Å². The van der Waals surface area contributed by atoms with Gasteiger partial charge in [0.15, 0.2) is 0 Å². The van der Waals surface area contributed by atoms with Crippen molar-refractivity contribution in [3.8, 4) is 11.3 Å². The van der Waals surface area contributed by atoms with Gasteiger partial charge in [-0.3, -0.25) is 9.59 Å². The molecule has 0 unspecified atom stereocenters. The number of rotatable bonds is 6. The van der Waals surface area contributed by atoms with Crippen molar-refractivity contribution in [1.82, 2.24) is 15.4 Å². The highest BCUT2D eigenvalue weighted by molar-refractivity contribution is 6.39. The minimum Gasteiger partial charge on any atom is -0.360 e. The number of halogens is 2. The Morgan fingerprint density at radius 3 is 2.42 bits per heavy atom. The first-order valence-corrected chi connectivity index (χ1v) is 9.01. The van der Waals surface area contributed by atoms with Crippen LogP contribution < -0.4 is 5.32 Å². The number of carbonyl (C=O) groups excluding carboxylic acids is 2. The van der Waals surface area contributed by atoms with Crippen LogP contribution in [0.2, 0.25) is 10.0 Å². The fourth-order valence-electron chi connectivity index (χ4n) is 2.54. The molecule has 0 fully saturated rings. The molecule has 26 heavy (non-hydrogen) atoms. The fraction of sp³-hybridized carbons (Fsp3) is 0.389. The summed E-state index contributed by atoms with van der Waals surface area (Å²) in [5, 5.41) is 7.48. The number of nitrogens with one attached hydrogen (secondary N) is 1. The predicted molar refractivity (Wildman–Crippen MR) is 102 cm³/mol. The molecule has 0 saturated carbocycles. The van der Waals surface area contributed by atoms with Crippen LogP contribution in [-0.2, 0) is 4.79 Å². The molecule has 6 nitrogen and oxygen atoms in total. The molecule has 1 N–H and O–H groups in total. The molecule has 0 aliphatic rings. The second-order valence-electron chi connectivity index (χ2n) is 6.10. The van der Waals surface area contributed by atoms with E-state index in [9.17, 15) is 9.59 Å². The van der Waals surface area contributed by atoms with E-state index >= 15 is 0 Å². The normalized spacial score (nSPS) is 10.9. The van der Waals surface area contributed by atoms with Gasteiger partial charge >= 0.3 is 0 Å². The molecular weight excluding hydrogens is 377 g/mol. The fourth-order valence-corrected chi connectivity index (χ4v) is 3.12. The molecule has 2 rings (SSSR count). The summed E-state index contributed by atoms with van der Waals surface area (Å²) < 4.78 is 5.23. The molecule has 0 aliphatic carbocycles. The van der Waals surface area contributed by atoms with Crippen molar-refractivity contribution >= 4 is 35.0 Å². The number of hydrogen-bond acceptors (Lipinski definition) is 4. The molecule has 2 aromatic rings. The Morgan fingerprint density at radius 2 is 1.88 bits per heavy atom. The van der Waals surface area contributed by atoms with E-state index in [2.05, 4.69) is 10.5 Å². The molecule has 1 heterocycles. The van der Waals surface area contributed by atoms with Gasteiger partial charge in [0, 0.05) is 18.2 Å². The molecule has 2 amide bonds. The monoisotopic (exact) mass is 397 g/mol. The highest BCUT2D eigenvalue weighted by Gasteiger charge is 2.28. The molecule has 1 aromatic heterocycles. The molecule has 8 heteroatoms. The predicted octanol–water partition coefficient (Wildman–Crippen LogP) is 3.94. The van der Waals surface area contributed by atoms with Crippen LogP contribution in [0.1, 0.15) is 36.9 Å². The van der Waals surface area contributed by atoms with Crippen molar-refractivity contribution in [1.29, 1.82) is 0 Å². The van der Waals surface area contributed by atoms with E-state index in [1.807, 2.05) is 13.8 Å². The van der Waals surface area contributed by atoms with Crippen molar-refractivity contribution in [2.75, 3.05) is 13.1 Å². The van der Waals surface area contributed by atoms with E-state index < -0.39 is 0 Å². The number of aromatic nitrogens is 1. The van der Waals surface area contributed by atoms with Crippen LogP contribution in [-0.4, -0.2) is 41.0 Å². The molecule has 0 aliphatic heterocycles. The Bertz CT molecular complexity index is 798. The number of carbonyl (C=O) groups is 2. The standard InChI is InChI=1S/C18H21Cl2N3O3/c1-5-23(9-14(24)21-10(2)3)18(25)15-11(4)26-22-17(15)16-12(19)7-6-8-13(16)20/h6-8,10H,5,9H2,1-4H3,(H,21,24). The maximum absolute atomic E-state index is 13.1. The summed E-state index contributed by atoms with van der Waals surface area (Å²) >= 11 is 12.5. The van der Waals surface area contributed by atoms with E-state index in [1.54, 1.807) is 32.0 Å². The van der Waals surface area contributed by atoms with Crippen LogP contribution in [0.15, 0.2) is 22.7 Å². The summed E-state index contributed by atoms with van der Waals surface area (Å²) in [6.45, 7) is 7.44. The first-order chi connectivity index (χ1) is 12.3. The van der Waals surface area contributed by atoms with Crippen LogP contribution in [0, 0.1) is 6.92 Å². The number of aryl methyl sites for hydroxylation is 1. The van der Waals surface area contributed by atoms with Crippen molar-refractivity contribution in [3.05, 3.63) is 39.6 Å². The average molecular weight is 398 g/mol. The first kappa shape index (κ1) is 20.3. The number of hydrogen-bond donors (Lipinski definition) is 1. The van der Waals surface area contributed by atoms with Crippen LogP contribution in [0.5, 0.6) is 0 Å². The van der Waals surface area contributed by atoms with Crippen molar-refractivity contribution in [2.24, 2.45) is 0 Å². The van der Waals surface area contributed by atoms with Gasteiger partial charge in [-0.2, -0.15) is 0 Å². The van der Waals surface area contributed by atoms with Gasteiger partial charge in [-0.25, -0.2) is 0 Å². The van der Waals surface area contributed by atoms with Gasteiger partial charge in [0.25, 0.3) is 5.91 Å². The van der Waals surface area contributed by atoms with Gasteiger partial charge in [-0.05, 0) is 39.8 Å². The summed E-state index contributed by atoms with van der Waals surface area (Å²) in [6.07, 6.45) is 0. The zero-order valence-electron chi connectivity index (χ0n) is 15.1. The van der Waals surface area contributed by atoms with Gasteiger partial charge in [0.05, 0.1) is 16.6 Å². The zero-order valence-corrected chi connectivity index (χ0v) is 16.6. The summed E-state index contributed by atoms with van der Waals surface area (Å²) in [4.78, 5) is 26.5. The van der Waals surface area contributed by atoms with Crippen molar-refractivity contribution in [3.63, 3.8) is 0 Å². The van der Waals surface area contributed by atoms with Crippen LogP contribution >= 0.6 is 23.2 Å². The number of amides is 2. The Morgan fingerprint density at radius 1 is 1.27 bits per heavy atom. The lowest BCUT2D eigenvalue weighted by atomic mass is 10.0. The number of likely N-dealkylation sites (N-methyl/N-ethyl adjacent to an activating group) is 1. The highest BCUT2D eigenvalue weighted by Crippen LogP contribution is 2.37. The molecule has 0 atom stereocenters. The minimum atomic E-state index is -0.365. The molecule has 1 aromatic carbocycles. The quantitative estimate of drug-likeness (QED) is 0.800. The van der Waals surface area contributed by atoms with Gasteiger partial charge in [-0.1, -0.05) is 34.4 Å². The molecule has 0 saturated heterocycles. The second kappa shape index (κ2) is 8.56. The molecule has 0 spiro atoms. The molecule has 0 bridgehead atoms. The first-order valence-electron chi connectivity index (χ1n) is 8.25. The Kier molecular flexibility index (Phi) is 6.67. The maximum atomic E-state index is 13.1. The van der Waals surface area contributed by atoms with Gasteiger partial charge in [0.2, 0.25) is 5.91 Å². The summed E-state index contributed by atoms with van der Waals surface area (Å²) in [6, 6.07) is 5.02. The SMILES string of the molecule is CCN(CC(=O)NC(C)C)C(=O)c1c(-c2c(Cl)cccc2Cl)noc1C. The van der Waals surface area contributed by atoms with E-state index in [0.717, 1.165) is 0 Å². The zero-order chi connectivity index (χ0) is 19.4. The van der Waals surface area contributed by atoms with Gasteiger partial charge < -0.3 is 14.7 Å². The summed E-state index contributed by atoms with van der Waals surface area (Å²) in [5.41, 5.74) is 0.948. The smallest absolute Gasteiger partial charge is 0.260 e. The Balaban J connectivity index is 2.40. The average Bonchev–Trinajstić information content (AvgIpc) is 2.92. The van der Waals surface area contributed by atoms with Crippen LogP contribution in [0.4, 0.5) is 0 Å². The number of benzene rings is 1. The van der Waals surface area contributed by atoms with Gasteiger partial charge in [0.1, 0.15) is 17.0 Å². The van der Waals surface area contributed by atoms with Crippen molar-refractivity contribution in [2.45, 2.75) is 33.7 Å². The third kappa shape index (κ3) is 4.37. The van der Waals surface area contributed by atoms with E-state index in [1.165, 1.54) is 4.90 Å². The second-order valence-corrected chi connectivity index (χ2v) is 6.91. The van der Waals surface area contributed by atoms with Crippen molar-refractivity contribution < 1.29 is 14.1 Å². The lowest BCUT2D eigenvalue weighted by molar-refractivity contribution is -0.122. The highest BCUT2D eigenvalue weighted by atomic mass is 35.5. The van der Waals surface area contributed by atoms with E-state index in [4.69, 9.17) is 27.7 Å². The van der Waals surface area contributed by atoms with Crippen LogP contribution in [0.25, 0.3) is 11.3 Å². The third-order valence-electron chi connectivity index (χ3n) is 3.73. The molecule has 0 radical (unpaired) electrons. The van der Waals surface area contributed by atoms with Crippen LogP contribution in [0.3, 0.4) is 0 Å². The van der Waals surface area contributed by atoms with Gasteiger partial charge in [-0.15, -0.1) is 0 Å².